The van der Waals surface area contributed by atoms with Crippen molar-refractivity contribution >= 4 is 17.2 Å². The summed E-state index contributed by atoms with van der Waals surface area (Å²) in [4.78, 5) is 16.5. The SMILES string of the molecule is O=C(COc1ccc(-c2ccccc2)cc1)NCc1csc(C2CC2)n1. The number of carbonyl (C=O) groups excluding carboxylic acids is 1. The van der Waals surface area contributed by atoms with Crippen molar-refractivity contribution in [2.45, 2.75) is 25.3 Å². The van der Waals surface area contributed by atoms with Crippen molar-refractivity contribution in [2.75, 3.05) is 6.61 Å². The molecule has 4 nitrogen and oxygen atoms in total. The molecule has 1 amide bonds. The molecule has 0 spiro atoms. The monoisotopic (exact) mass is 364 g/mol. The molecule has 1 N–H and O–H groups in total. The average molecular weight is 364 g/mol. The summed E-state index contributed by atoms with van der Waals surface area (Å²) in [5, 5.41) is 6.08. The van der Waals surface area contributed by atoms with Crippen molar-refractivity contribution in [2.24, 2.45) is 0 Å². The van der Waals surface area contributed by atoms with Crippen LogP contribution in [0.15, 0.2) is 60.0 Å². The molecule has 2 aromatic carbocycles. The van der Waals surface area contributed by atoms with Gasteiger partial charge in [-0.3, -0.25) is 4.79 Å². The van der Waals surface area contributed by atoms with E-state index in [1.807, 2.05) is 47.8 Å². The van der Waals surface area contributed by atoms with Crippen molar-refractivity contribution in [1.82, 2.24) is 10.3 Å². The second-order valence-electron chi connectivity index (χ2n) is 6.41. The zero-order chi connectivity index (χ0) is 17.8. The molecule has 1 saturated carbocycles. The van der Waals surface area contributed by atoms with Crippen LogP contribution in [0.5, 0.6) is 5.75 Å². The van der Waals surface area contributed by atoms with Gasteiger partial charge in [0, 0.05) is 11.3 Å². The van der Waals surface area contributed by atoms with E-state index in [1.165, 1.54) is 17.8 Å². The van der Waals surface area contributed by atoms with Gasteiger partial charge in [0.25, 0.3) is 5.91 Å². The number of rotatable bonds is 7. The molecule has 5 heteroatoms. The maximum absolute atomic E-state index is 12.0. The van der Waals surface area contributed by atoms with Gasteiger partial charge in [0.1, 0.15) is 5.75 Å². The minimum Gasteiger partial charge on any atom is -0.484 e. The molecular formula is C21H20N2O2S. The van der Waals surface area contributed by atoms with Crippen molar-refractivity contribution < 1.29 is 9.53 Å². The zero-order valence-corrected chi connectivity index (χ0v) is 15.2. The maximum Gasteiger partial charge on any atom is 0.258 e. The first-order valence-corrected chi connectivity index (χ1v) is 9.65. The van der Waals surface area contributed by atoms with E-state index in [0.29, 0.717) is 18.2 Å². The number of benzene rings is 2. The van der Waals surface area contributed by atoms with E-state index in [4.69, 9.17) is 4.74 Å². The predicted molar refractivity (Wildman–Crippen MR) is 103 cm³/mol. The van der Waals surface area contributed by atoms with Gasteiger partial charge < -0.3 is 10.1 Å². The Morgan fingerprint density at radius 2 is 1.81 bits per heavy atom. The number of nitrogens with one attached hydrogen (secondary N) is 1. The number of aromatic nitrogens is 1. The van der Waals surface area contributed by atoms with Gasteiger partial charge in [0.05, 0.1) is 17.2 Å². The maximum atomic E-state index is 12.0. The summed E-state index contributed by atoms with van der Waals surface area (Å²) >= 11 is 1.69. The lowest BCUT2D eigenvalue weighted by molar-refractivity contribution is -0.123. The first kappa shape index (κ1) is 16.8. The number of thiazole rings is 1. The van der Waals surface area contributed by atoms with Crippen molar-refractivity contribution in [3.8, 4) is 16.9 Å². The van der Waals surface area contributed by atoms with Crippen LogP contribution >= 0.6 is 11.3 Å². The third-order valence-electron chi connectivity index (χ3n) is 4.29. The Morgan fingerprint density at radius 1 is 1.08 bits per heavy atom. The Morgan fingerprint density at radius 3 is 2.54 bits per heavy atom. The first-order valence-electron chi connectivity index (χ1n) is 8.77. The minimum atomic E-state index is -0.141. The van der Waals surface area contributed by atoms with Crippen LogP contribution in [0.4, 0.5) is 0 Å². The van der Waals surface area contributed by atoms with Crippen LogP contribution in [0.2, 0.25) is 0 Å². The second-order valence-corrected chi connectivity index (χ2v) is 7.30. The van der Waals surface area contributed by atoms with E-state index >= 15 is 0 Å². The number of hydrogen-bond acceptors (Lipinski definition) is 4. The molecular weight excluding hydrogens is 344 g/mol. The lowest BCUT2D eigenvalue weighted by Gasteiger charge is -2.08. The van der Waals surface area contributed by atoms with Gasteiger partial charge in [-0.1, -0.05) is 42.5 Å². The Kier molecular flexibility index (Phi) is 4.97. The lowest BCUT2D eigenvalue weighted by atomic mass is 10.1. The van der Waals surface area contributed by atoms with Gasteiger partial charge in [-0.2, -0.15) is 0 Å². The highest BCUT2D eigenvalue weighted by atomic mass is 32.1. The van der Waals surface area contributed by atoms with E-state index in [9.17, 15) is 4.79 Å². The lowest BCUT2D eigenvalue weighted by Crippen LogP contribution is -2.28. The average Bonchev–Trinajstić information content (AvgIpc) is 3.44. The van der Waals surface area contributed by atoms with E-state index < -0.39 is 0 Å². The highest BCUT2D eigenvalue weighted by Crippen LogP contribution is 2.41. The number of nitrogens with zero attached hydrogens (tertiary/aromatic N) is 1. The van der Waals surface area contributed by atoms with E-state index in [0.717, 1.165) is 16.8 Å². The van der Waals surface area contributed by atoms with Crippen LogP contribution in [0.25, 0.3) is 11.1 Å². The molecule has 4 rings (SSSR count). The molecule has 0 bridgehead atoms. The fourth-order valence-electron chi connectivity index (χ4n) is 2.68. The summed E-state index contributed by atoms with van der Waals surface area (Å²) in [7, 11) is 0. The molecule has 0 aliphatic heterocycles. The third kappa shape index (κ3) is 4.29. The molecule has 1 heterocycles. The molecule has 132 valence electrons. The smallest absolute Gasteiger partial charge is 0.258 e. The van der Waals surface area contributed by atoms with Gasteiger partial charge in [-0.05, 0) is 36.1 Å². The van der Waals surface area contributed by atoms with E-state index in [1.54, 1.807) is 11.3 Å². The highest BCUT2D eigenvalue weighted by molar-refractivity contribution is 7.09. The van der Waals surface area contributed by atoms with Gasteiger partial charge in [0.15, 0.2) is 6.61 Å². The fourth-order valence-corrected chi connectivity index (χ4v) is 3.68. The fraction of sp³-hybridized carbons (Fsp3) is 0.238. The standard InChI is InChI=1S/C21H20N2O2S/c24-20(22-12-18-14-26-21(23-18)17-6-7-17)13-25-19-10-8-16(9-11-19)15-4-2-1-3-5-15/h1-5,8-11,14,17H,6-7,12-13H2,(H,22,24). The quantitative estimate of drug-likeness (QED) is 0.677. The molecule has 0 atom stereocenters. The van der Waals surface area contributed by atoms with Gasteiger partial charge in [0.2, 0.25) is 0 Å². The second kappa shape index (κ2) is 7.70. The van der Waals surface area contributed by atoms with Gasteiger partial charge in [-0.25, -0.2) is 4.98 Å². The Hall–Kier alpha value is -2.66. The summed E-state index contributed by atoms with van der Waals surface area (Å²) in [5.74, 6) is 1.20. The molecule has 1 aliphatic carbocycles. The summed E-state index contributed by atoms with van der Waals surface area (Å²) in [5.41, 5.74) is 3.21. The normalized spacial score (nSPS) is 13.4. The number of carbonyl (C=O) groups is 1. The Bertz CT molecular complexity index is 871. The third-order valence-corrected chi connectivity index (χ3v) is 5.35. The number of ether oxygens (including phenoxy) is 1. The Balaban J connectivity index is 1.24. The molecule has 3 aromatic rings. The molecule has 1 aliphatic rings. The molecule has 1 aromatic heterocycles. The molecule has 26 heavy (non-hydrogen) atoms. The van der Waals surface area contributed by atoms with Crippen molar-refractivity contribution in [1.29, 1.82) is 0 Å². The molecule has 1 fully saturated rings. The van der Waals surface area contributed by atoms with Crippen LogP contribution in [0.3, 0.4) is 0 Å². The van der Waals surface area contributed by atoms with Crippen molar-refractivity contribution in [3.05, 3.63) is 70.7 Å². The minimum absolute atomic E-state index is 0.00427. The molecule has 0 saturated heterocycles. The van der Waals surface area contributed by atoms with Crippen molar-refractivity contribution in [3.63, 3.8) is 0 Å². The number of hydrogen-bond donors (Lipinski definition) is 1. The van der Waals surface area contributed by atoms with E-state index in [2.05, 4.69) is 22.4 Å². The highest BCUT2D eigenvalue weighted by Gasteiger charge is 2.26. The van der Waals surface area contributed by atoms with Crippen LogP contribution in [-0.2, 0) is 11.3 Å². The summed E-state index contributed by atoms with van der Waals surface area (Å²) in [6.07, 6.45) is 2.49. The summed E-state index contributed by atoms with van der Waals surface area (Å²) in [6.45, 7) is 0.461. The zero-order valence-electron chi connectivity index (χ0n) is 14.4. The van der Waals surface area contributed by atoms with Crippen LogP contribution in [0, 0.1) is 0 Å². The van der Waals surface area contributed by atoms with E-state index in [-0.39, 0.29) is 12.5 Å². The van der Waals surface area contributed by atoms with Crippen LogP contribution in [-0.4, -0.2) is 17.5 Å². The van der Waals surface area contributed by atoms with Gasteiger partial charge in [-0.15, -0.1) is 11.3 Å². The molecule has 0 unspecified atom stereocenters. The van der Waals surface area contributed by atoms with Crippen LogP contribution in [0.1, 0.15) is 29.5 Å². The van der Waals surface area contributed by atoms with Crippen LogP contribution < -0.4 is 10.1 Å². The predicted octanol–water partition coefficient (Wildman–Crippen LogP) is 4.38. The van der Waals surface area contributed by atoms with Gasteiger partial charge >= 0.3 is 0 Å². The molecule has 0 radical (unpaired) electrons. The topological polar surface area (TPSA) is 51.2 Å². The first-order chi connectivity index (χ1) is 12.8. The summed E-state index contributed by atoms with van der Waals surface area (Å²) < 4.78 is 5.57. The summed E-state index contributed by atoms with van der Waals surface area (Å²) in [6, 6.07) is 17.9. The largest absolute Gasteiger partial charge is 0.484 e. The number of amides is 1. The Labute approximate surface area is 156 Å².